The molecule has 6 heteroatoms. The highest BCUT2D eigenvalue weighted by molar-refractivity contribution is 6.30. The molecule has 160 valence electrons. The van der Waals surface area contributed by atoms with Crippen molar-refractivity contribution < 1.29 is 14.3 Å². The van der Waals surface area contributed by atoms with Gasteiger partial charge in [0.05, 0.1) is 11.8 Å². The van der Waals surface area contributed by atoms with Crippen molar-refractivity contribution >= 4 is 17.3 Å². The van der Waals surface area contributed by atoms with Crippen molar-refractivity contribution in [1.82, 2.24) is 4.90 Å². The van der Waals surface area contributed by atoms with Crippen LogP contribution in [0.2, 0.25) is 5.02 Å². The highest BCUT2D eigenvalue weighted by atomic mass is 35.5. The predicted octanol–water partition coefficient (Wildman–Crippen LogP) is 5.21. The largest absolute Gasteiger partial charge is 0.390 e. The smallest absolute Gasteiger partial charge is 0.145 e. The molecule has 3 aromatic carbocycles. The van der Waals surface area contributed by atoms with Crippen molar-refractivity contribution in [3.63, 3.8) is 0 Å². The van der Waals surface area contributed by atoms with Crippen molar-refractivity contribution in [1.29, 1.82) is 0 Å². The van der Waals surface area contributed by atoms with Crippen LogP contribution in [0.5, 0.6) is 0 Å². The van der Waals surface area contributed by atoms with E-state index in [9.17, 15) is 9.50 Å². The molecule has 3 aromatic rings. The van der Waals surface area contributed by atoms with E-state index in [2.05, 4.69) is 10.1 Å². The Morgan fingerprint density at radius 2 is 1.84 bits per heavy atom. The summed E-state index contributed by atoms with van der Waals surface area (Å²) in [5.41, 5.74) is 2.97. The monoisotopic (exact) mass is 438 g/mol. The van der Waals surface area contributed by atoms with E-state index in [0.29, 0.717) is 42.4 Å². The van der Waals surface area contributed by atoms with Crippen LogP contribution in [0.4, 0.5) is 4.39 Å². The average Bonchev–Trinajstić information content (AvgIpc) is 3.23. The third-order valence-corrected chi connectivity index (χ3v) is 5.53. The Morgan fingerprint density at radius 3 is 2.61 bits per heavy atom. The maximum atomic E-state index is 14.1. The van der Waals surface area contributed by atoms with Gasteiger partial charge >= 0.3 is 0 Å². The molecule has 4 nitrogen and oxygen atoms in total. The molecular weight excluding hydrogens is 415 g/mol. The first-order chi connectivity index (χ1) is 15.1. The fraction of sp³-hybridized carbons (Fsp3) is 0.240. The molecular formula is C25H24ClFN2O2. The van der Waals surface area contributed by atoms with Gasteiger partial charge in [-0.05, 0) is 29.3 Å². The van der Waals surface area contributed by atoms with Crippen molar-refractivity contribution in [3.05, 3.63) is 106 Å². The van der Waals surface area contributed by atoms with Gasteiger partial charge in [0, 0.05) is 36.6 Å². The average molecular weight is 439 g/mol. The van der Waals surface area contributed by atoms with E-state index in [1.165, 1.54) is 6.07 Å². The Morgan fingerprint density at radius 1 is 1.06 bits per heavy atom. The summed E-state index contributed by atoms with van der Waals surface area (Å²) >= 11 is 6.16. The summed E-state index contributed by atoms with van der Waals surface area (Å²) < 4.78 is 14.1. The molecule has 1 N–H and O–H groups in total. The van der Waals surface area contributed by atoms with E-state index in [1.807, 2.05) is 54.6 Å². The van der Waals surface area contributed by atoms with E-state index >= 15 is 0 Å². The highest BCUT2D eigenvalue weighted by Gasteiger charge is 2.27. The zero-order valence-electron chi connectivity index (χ0n) is 17.0. The van der Waals surface area contributed by atoms with Gasteiger partial charge in [0.15, 0.2) is 0 Å². The fourth-order valence-electron chi connectivity index (χ4n) is 3.79. The summed E-state index contributed by atoms with van der Waals surface area (Å²) in [4.78, 5) is 7.74. The SMILES string of the molecule is O[C@@H](CN(Cc1cccc(Cl)c1)C[C@H]1CC(c2ccccc2F)=NO1)c1ccccc1. The predicted molar refractivity (Wildman–Crippen MR) is 121 cm³/mol. The minimum Gasteiger partial charge on any atom is -0.390 e. The lowest BCUT2D eigenvalue weighted by atomic mass is 10.0. The number of nitrogens with zero attached hydrogens (tertiary/aromatic N) is 2. The molecule has 0 fully saturated rings. The lowest BCUT2D eigenvalue weighted by molar-refractivity contribution is 0.0318. The molecule has 31 heavy (non-hydrogen) atoms. The standard InChI is InChI=1S/C25H24ClFN2O2/c26-20-10-6-7-18(13-20)15-29(17-25(30)19-8-2-1-3-9-19)16-21-14-24(28-31-21)22-11-4-5-12-23(22)27/h1-13,21,25,30H,14-17H2/t21-,25+/m1/s1. The summed E-state index contributed by atoms with van der Waals surface area (Å²) in [6.45, 7) is 1.56. The molecule has 0 saturated carbocycles. The Balaban J connectivity index is 1.46. The Labute approximate surface area is 186 Å². The van der Waals surface area contributed by atoms with Gasteiger partial charge in [-0.15, -0.1) is 0 Å². The number of halogens is 2. The van der Waals surface area contributed by atoms with Gasteiger partial charge in [0.25, 0.3) is 0 Å². The van der Waals surface area contributed by atoms with Crippen molar-refractivity contribution in [2.45, 2.75) is 25.2 Å². The van der Waals surface area contributed by atoms with Crippen LogP contribution in [-0.2, 0) is 11.4 Å². The van der Waals surface area contributed by atoms with E-state index in [4.69, 9.17) is 16.4 Å². The molecule has 4 rings (SSSR count). The number of oxime groups is 1. The van der Waals surface area contributed by atoms with Crippen LogP contribution in [0.1, 0.15) is 29.2 Å². The summed E-state index contributed by atoms with van der Waals surface area (Å²) in [7, 11) is 0. The third-order valence-electron chi connectivity index (χ3n) is 5.29. The number of aliphatic hydroxyl groups excluding tert-OH is 1. The zero-order valence-corrected chi connectivity index (χ0v) is 17.8. The maximum Gasteiger partial charge on any atom is 0.145 e. The number of hydrogen-bond acceptors (Lipinski definition) is 4. The summed E-state index contributed by atoms with van der Waals surface area (Å²) in [6.07, 6.45) is -0.362. The summed E-state index contributed by atoms with van der Waals surface area (Å²) in [5.74, 6) is -0.305. The molecule has 0 aliphatic carbocycles. The molecule has 0 amide bonds. The highest BCUT2D eigenvalue weighted by Crippen LogP contribution is 2.23. The third kappa shape index (κ3) is 5.70. The van der Waals surface area contributed by atoms with E-state index in [1.54, 1.807) is 18.2 Å². The van der Waals surface area contributed by atoms with Gasteiger partial charge in [0.2, 0.25) is 0 Å². The first-order valence-electron chi connectivity index (χ1n) is 10.3. The van der Waals surface area contributed by atoms with Gasteiger partial charge in [-0.2, -0.15) is 0 Å². The first kappa shape index (κ1) is 21.5. The molecule has 0 spiro atoms. The Hall–Kier alpha value is -2.73. The van der Waals surface area contributed by atoms with Crippen LogP contribution in [-0.4, -0.2) is 34.9 Å². The molecule has 1 aliphatic rings. The van der Waals surface area contributed by atoms with Gasteiger partial charge in [-0.1, -0.05) is 77.4 Å². The maximum absolute atomic E-state index is 14.1. The molecule has 0 saturated heterocycles. The normalized spacial score (nSPS) is 16.8. The number of aliphatic hydroxyl groups is 1. The van der Waals surface area contributed by atoms with Crippen molar-refractivity contribution in [3.8, 4) is 0 Å². The Kier molecular flexibility index (Phi) is 6.97. The van der Waals surface area contributed by atoms with E-state index in [-0.39, 0.29) is 11.9 Å². The second-order valence-corrected chi connectivity index (χ2v) is 8.14. The minimum atomic E-state index is -0.645. The molecule has 0 aromatic heterocycles. The molecule has 1 heterocycles. The van der Waals surface area contributed by atoms with E-state index in [0.717, 1.165) is 11.1 Å². The second kappa shape index (κ2) is 10.1. The van der Waals surface area contributed by atoms with Crippen LogP contribution < -0.4 is 0 Å². The number of rotatable bonds is 8. The fourth-order valence-corrected chi connectivity index (χ4v) is 4.00. The Bertz CT molecular complexity index is 1040. The number of benzene rings is 3. The molecule has 2 atom stereocenters. The van der Waals surface area contributed by atoms with Crippen molar-refractivity contribution in [2.75, 3.05) is 13.1 Å². The lowest BCUT2D eigenvalue weighted by Gasteiger charge is -2.27. The van der Waals surface area contributed by atoms with Crippen molar-refractivity contribution in [2.24, 2.45) is 5.16 Å². The van der Waals surface area contributed by atoms with Crippen LogP contribution in [0.15, 0.2) is 84.0 Å². The molecule has 0 unspecified atom stereocenters. The number of hydrogen-bond donors (Lipinski definition) is 1. The van der Waals surface area contributed by atoms with E-state index < -0.39 is 6.10 Å². The van der Waals surface area contributed by atoms with Crippen LogP contribution in [0.25, 0.3) is 0 Å². The minimum absolute atomic E-state index is 0.225. The topological polar surface area (TPSA) is 45.1 Å². The van der Waals surface area contributed by atoms with Gasteiger partial charge < -0.3 is 9.94 Å². The molecule has 0 bridgehead atoms. The quantitative estimate of drug-likeness (QED) is 0.525. The van der Waals surface area contributed by atoms with Gasteiger partial charge in [0.1, 0.15) is 11.9 Å². The summed E-state index contributed by atoms with van der Waals surface area (Å²) in [5, 5.41) is 15.6. The van der Waals surface area contributed by atoms with Gasteiger partial charge in [-0.3, -0.25) is 4.90 Å². The molecule has 0 radical (unpaired) electrons. The molecule has 1 aliphatic heterocycles. The zero-order chi connectivity index (χ0) is 21.6. The lowest BCUT2D eigenvalue weighted by Crippen LogP contribution is -2.35. The van der Waals surface area contributed by atoms with Crippen LogP contribution in [0, 0.1) is 5.82 Å². The second-order valence-electron chi connectivity index (χ2n) is 7.70. The summed E-state index contributed by atoms with van der Waals surface area (Å²) in [6, 6.07) is 23.8. The first-order valence-corrected chi connectivity index (χ1v) is 10.6. The van der Waals surface area contributed by atoms with Crippen LogP contribution >= 0.6 is 11.6 Å². The van der Waals surface area contributed by atoms with Gasteiger partial charge in [-0.25, -0.2) is 4.39 Å². The van der Waals surface area contributed by atoms with Crippen LogP contribution in [0.3, 0.4) is 0 Å².